The first kappa shape index (κ1) is 29.7. The molecule has 40 heavy (non-hydrogen) atoms. The van der Waals surface area contributed by atoms with Crippen molar-refractivity contribution in [2.24, 2.45) is 5.41 Å². The normalized spacial score (nSPS) is 16.1. The quantitative estimate of drug-likeness (QED) is 0.195. The molecular formula is C23H19ClF5N5O4S2. The van der Waals surface area contributed by atoms with Gasteiger partial charge in [0.25, 0.3) is 5.91 Å². The summed E-state index contributed by atoms with van der Waals surface area (Å²) in [7, 11) is 1.13. The van der Waals surface area contributed by atoms with E-state index in [0.29, 0.717) is 5.06 Å². The van der Waals surface area contributed by atoms with Gasteiger partial charge in [0.2, 0.25) is 0 Å². The maximum Gasteiger partial charge on any atom is 0.446 e. The summed E-state index contributed by atoms with van der Waals surface area (Å²) >= 11 is 6.06. The second-order valence-electron chi connectivity index (χ2n) is 9.48. The van der Waals surface area contributed by atoms with Crippen molar-refractivity contribution in [2.75, 3.05) is 23.4 Å². The van der Waals surface area contributed by atoms with E-state index in [1.165, 1.54) is 26.3 Å². The van der Waals surface area contributed by atoms with Gasteiger partial charge in [0, 0.05) is 11.9 Å². The molecule has 1 aliphatic heterocycles. The molecule has 9 nitrogen and oxygen atoms in total. The number of thiazole rings is 1. The molecule has 0 spiro atoms. The van der Waals surface area contributed by atoms with Crippen LogP contribution in [-0.4, -0.2) is 58.1 Å². The lowest BCUT2D eigenvalue weighted by molar-refractivity contribution is -0.184. The molecule has 1 aliphatic rings. The van der Waals surface area contributed by atoms with Crippen LogP contribution in [0.4, 0.5) is 38.3 Å². The molecule has 0 saturated carbocycles. The Balaban J connectivity index is 1.80. The average molecular weight is 624 g/mol. The van der Waals surface area contributed by atoms with Crippen molar-refractivity contribution < 1.29 is 41.2 Å². The summed E-state index contributed by atoms with van der Waals surface area (Å²) in [5.74, 6) is -4.48. The van der Waals surface area contributed by atoms with Crippen LogP contribution in [0.2, 0.25) is 5.02 Å². The van der Waals surface area contributed by atoms with Gasteiger partial charge in [0.1, 0.15) is 33.0 Å². The van der Waals surface area contributed by atoms with Gasteiger partial charge < -0.3 is 9.74 Å². The number of carbonyl (C=O) groups is 3. The van der Waals surface area contributed by atoms with Crippen LogP contribution in [0, 0.1) is 17.0 Å². The van der Waals surface area contributed by atoms with E-state index in [0.717, 1.165) is 46.4 Å². The predicted octanol–water partition coefficient (Wildman–Crippen LogP) is 6.01. The van der Waals surface area contributed by atoms with Crippen LogP contribution in [-0.2, 0) is 14.4 Å². The molecule has 1 fully saturated rings. The maximum atomic E-state index is 14.7. The fraction of sp³-hybridized carbons (Fsp3) is 0.348. The highest BCUT2D eigenvalue weighted by molar-refractivity contribution is 8.00. The third-order valence-corrected chi connectivity index (χ3v) is 7.43. The lowest BCUT2D eigenvalue weighted by Crippen LogP contribution is -2.47. The van der Waals surface area contributed by atoms with Crippen LogP contribution in [0.15, 0.2) is 28.6 Å². The Morgan fingerprint density at radius 2 is 1.90 bits per heavy atom. The first-order valence-corrected chi connectivity index (χ1v) is 13.3. The summed E-state index contributed by atoms with van der Waals surface area (Å²) < 4.78 is 68.4. The van der Waals surface area contributed by atoms with E-state index in [4.69, 9.17) is 16.4 Å². The van der Waals surface area contributed by atoms with Crippen LogP contribution in [0.5, 0.6) is 0 Å². The second kappa shape index (κ2) is 10.6. The molecule has 4 rings (SSSR count). The number of hydroxylamine groups is 2. The van der Waals surface area contributed by atoms with Gasteiger partial charge in [-0.2, -0.15) is 18.2 Å². The third-order valence-electron chi connectivity index (χ3n) is 5.60. The predicted molar refractivity (Wildman–Crippen MR) is 138 cm³/mol. The van der Waals surface area contributed by atoms with E-state index in [-0.39, 0.29) is 21.1 Å². The molecule has 0 unspecified atom stereocenters. The van der Waals surface area contributed by atoms with Crippen molar-refractivity contribution >= 4 is 74.5 Å². The number of rotatable bonds is 5. The lowest BCUT2D eigenvalue weighted by Gasteiger charge is -2.26. The van der Waals surface area contributed by atoms with Crippen molar-refractivity contribution in [1.82, 2.24) is 15.0 Å². The van der Waals surface area contributed by atoms with Gasteiger partial charge in [-0.05, 0) is 50.7 Å². The number of alkyl halides is 3. The van der Waals surface area contributed by atoms with Gasteiger partial charge in [-0.25, -0.2) is 28.3 Å². The molecule has 3 aromatic rings. The number of amides is 3. The zero-order valence-corrected chi connectivity index (χ0v) is 23.4. The number of hydrogen-bond donors (Lipinski definition) is 0. The zero-order chi connectivity index (χ0) is 29.7. The Labute approximate surface area is 236 Å². The molecule has 0 N–H and O–H groups in total. The van der Waals surface area contributed by atoms with Crippen molar-refractivity contribution in [3.8, 4) is 0 Å². The minimum Gasteiger partial charge on any atom is -0.336 e. The molecule has 0 radical (unpaired) electrons. The zero-order valence-electron chi connectivity index (χ0n) is 21.0. The van der Waals surface area contributed by atoms with Crippen molar-refractivity contribution in [1.29, 1.82) is 0 Å². The van der Waals surface area contributed by atoms with Crippen molar-refractivity contribution in [2.45, 2.75) is 37.2 Å². The van der Waals surface area contributed by atoms with E-state index >= 15 is 0 Å². The Hall–Kier alpha value is -3.24. The summed E-state index contributed by atoms with van der Waals surface area (Å²) in [5, 5.41) is -0.295. The number of fused-ring (bicyclic) bond motifs is 1. The number of urea groups is 1. The molecule has 17 heteroatoms. The fourth-order valence-electron chi connectivity index (χ4n) is 3.58. The molecule has 0 aliphatic carbocycles. The van der Waals surface area contributed by atoms with Crippen LogP contribution in [0.25, 0.3) is 10.3 Å². The van der Waals surface area contributed by atoms with E-state index in [2.05, 4.69) is 9.97 Å². The van der Waals surface area contributed by atoms with E-state index in [1.807, 2.05) is 0 Å². The largest absolute Gasteiger partial charge is 0.446 e. The minimum absolute atomic E-state index is 0.0399. The van der Waals surface area contributed by atoms with Gasteiger partial charge in [0.15, 0.2) is 5.82 Å². The summed E-state index contributed by atoms with van der Waals surface area (Å²) in [5.41, 5.74) is -5.01. The lowest BCUT2D eigenvalue weighted by atomic mass is 9.98. The first-order chi connectivity index (χ1) is 18.5. The molecule has 1 aromatic carbocycles. The van der Waals surface area contributed by atoms with Crippen LogP contribution < -0.4 is 9.80 Å². The highest BCUT2D eigenvalue weighted by Crippen LogP contribution is 2.42. The third kappa shape index (κ3) is 5.78. The molecule has 1 saturated heterocycles. The van der Waals surface area contributed by atoms with E-state index in [1.54, 1.807) is 0 Å². The number of nitrogens with zero attached hydrogens (tertiary/aromatic N) is 5. The highest BCUT2D eigenvalue weighted by atomic mass is 35.5. The fourth-order valence-corrected chi connectivity index (χ4v) is 5.15. The Kier molecular flexibility index (Phi) is 7.90. The van der Waals surface area contributed by atoms with Gasteiger partial charge in [-0.1, -0.05) is 11.6 Å². The van der Waals surface area contributed by atoms with Gasteiger partial charge in [0.05, 0.1) is 23.2 Å². The van der Waals surface area contributed by atoms with E-state index < -0.39 is 75.5 Å². The number of likely N-dealkylation sites (N-methyl/N-ethyl adjacent to an activating group) is 1. The Morgan fingerprint density at radius 3 is 2.52 bits per heavy atom. The summed E-state index contributed by atoms with van der Waals surface area (Å²) in [6.45, 7) is 3.98. The SMILES string of the molecule is CN(C(=O)[C@@H]1CN(OC(=O)C(C)(C)C)C(=O)N1c1cc(SC(F)(F)F)c2ncsc2n1)c1ccc(F)c(Cl)c1F. The standard InChI is InChI=1S/C23H19ClF5N5O4S2/c1-22(2,3)20(36)38-33-8-12(19(35)32(4)11-6-5-10(25)15(24)16(11)26)34(21(33)37)14-7-13(40-23(27,28)29)17-18(31-14)39-9-30-17/h5-7,9,12H,8H2,1-4H3/t12-/m0/s1. The molecule has 3 heterocycles. The van der Waals surface area contributed by atoms with Gasteiger partial charge in [-0.3, -0.25) is 9.69 Å². The average Bonchev–Trinajstić information content (AvgIpc) is 3.45. The van der Waals surface area contributed by atoms with E-state index in [9.17, 15) is 36.3 Å². The number of aromatic nitrogens is 2. The molecule has 214 valence electrons. The Bertz CT molecular complexity index is 1510. The number of pyridine rings is 1. The van der Waals surface area contributed by atoms with Crippen molar-refractivity contribution in [3.05, 3.63) is 40.4 Å². The smallest absolute Gasteiger partial charge is 0.336 e. The molecule has 0 bridgehead atoms. The number of thioether (sulfide) groups is 1. The molecule has 1 atom stereocenters. The number of carbonyl (C=O) groups excluding carboxylic acids is 3. The molecule has 3 amide bonds. The topological polar surface area (TPSA) is 95.9 Å². The number of anilines is 2. The maximum absolute atomic E-state index is 14.7. The number of hydrogen-bond acceptors (Lipinski definition) is 8. The summed E-state index contributed by atoms with van der Waals surface area (Å²) in [6.07, 6.45) is 0. The monoisotopic (exact) mass is 623 g/mol. The van der Waals surface area contributed by atoms with Gasteiger partial charge >= 0.3 is 17.5 Å². The van der Waals surface area contributed by atoms with Crippen LogP contribution in [0.3, 0.4) is 0 Å². The van der Waals surface area contributed by atoms with Gasteiger partial charge in [-0.15, -0.1) is 11.3 Å². The number of halogens is 6. The number of benzene rings is 1. The molecule has 2 aromatic heterocycles. The second-order valence-corrected chi connectivity index (χ2v) is 11.8. The summed E-state index contributed by atoms with van der Waals surface area (Å²) in [4.78, 5) is 54.1. The first-order valence-electron chi connectivity index (χ1n) is 11.2. The molecular weight excluding hydrogens is 605 g/mol. The van der Waals surface area contributed by atoms with Crippen LogP contribution >= 0.6 is 34.7 Å². The minimum atomic E-state index is -4.72. The van der Waals surface area contributed by atoms with Crippen molar-refractivity contribution in [3.63, 3.8) is 0 Å². The highest BCUT2D eigenvalue weighted by Gasteiger charge is 2.48. The van der Waals surface area contributed by atoms with Crippen LogP contribution in [0.1, 0.15) is 20.8 Å². The Morgan fingerprint density at radius 1 is 1.23 bits per heavy atom. The summed E-state index contributed by atoms with van der Waals surface area (Å²) in [6, 6.07) is 0.0749.